The van der Waals surface area contributed by atoms with Crippen molar-refractivity contribution >= 4 is 22.3 Å². The quantitative estimate of drug-likeness (QED) is 0.558. The van der Waals surface area contributed by atoms with Crippen LogP contribution >= 0.6 is 0 Å². The Morgan fingerprint density at radius 2 is 2.15 bits per heavy atom. The molecule has 108 valence electrons. The lowest BCUT2D eigenvalue weighted by Crippen LogP contribution is -2.09. The molecule has 1 aromatic heterocycles. The van der Waals surface area contributed by atoms with Crippen LogP contribution in [0.25, 0.3) is 10.9 Å². The van der Waals surface area contributed by atoms with Gasteiger partial charge in [0, 0.05) is 6.54 Å². The van der Waals surface area contributed by atoms with E-state index in [1.54, 1.807) is 6.07 Å². The highest BCUT2D eigenvalue weighted by Crippen LogP contribution is 2.22. The molecule has 4 N–H and O–H groups in total. The van der Waals surface area contributed by atoms with Crippen LogP contribution in [0.2, 0.25) is 0 Å². The number of unbranched alkanes of at least 4 members (excludes halogenated alkanes) is 1. The largest absolute Gasteiger partial charge is 0.397 e. The van der Waals surface area contributed by atoms with Gasteiger partial charge in [0.1, 0.15) is 0 Å². The van der Waals surface area contributed by atoms with Crippen LogP contribution in [0, 0.1) is 5.92 Å². The monoisotopic (exact) mass is 274 g/mol. The molecule has 0 unspecified atom stereocenters. The summed E-state index contributed by atoms with van der Waals surface area (Å²) in [7, 11) is 0. The topological polar surface area (TPSA) is 83.8 Å². The first kappa shape index (κ1) is 14.4. The molecule has 0 bridgehead atoms. The zero-order valence-electron chi connectivity index (χ0n) is 12.1. The van der Waals surface area contributed by atoms with Gasteiger partial charge < -0.3 is 16.0 Å². The maximum atomic E-state index is 11.6. The van der Waals surface area contributed by atoms with Gasteiger partial charge in [-0.15, -0.1) is 0 Å². The van der Waals surface area contributed by atoms with Gasteiger partial charge >= 0.3 is 0 Å². The molecular weight excluding hydrogens is 252 g/mol. The molecule has 5 nitrogen and oxygen atoms in total. The zero-order chi connectivity index (χ0) is 14.5. The Morgan fingerprint density at radius 1 is 1.35 bits per heavy atom. The number of nitrogens with zero attached hydrogens (tertiary/aromatic N) is 1. The molecule has 0 fully saturated rings. The second-order valence-electron chi connectivity index (χ2n) is 5.50. The van der Waals surface area contributed by atoms with Gasteiger partial charge in [-0.3, -0.25) is 4.79 Å². The van der Waals surface area contributed by atoms with Crippen molar-refractivity contribution in [1.29, 1.82) is 0 Å². The highest BCUT2D eigenvalue weighted by atomic mass is 16.1. The van der Waals surface area contributed by atoms with Crippen LogP contribution in [0.3, 0.4) is 0 Å². The summed E-state index contributed by atoms with van der Waals surface area (Å²) in [5.41, 5.74) is 7.90. The summed E-state index contributed by atoms with van der Waals surface area (Å²) < 4.78 is 0. The van der Waals surface area contributed by atoms with Gasteiger partial charge in [0.05, 0.1) is 28.6 Å². The number of nitrogens with two attached hydrogens (primary N) is 1. The lowest BCUT2D eigenvalue weighted by atomic mass is 10.1. The molecule has 0 aliphatic rings. The molecule has 5 heteroatoms. The third kappa shape index (κ3) is 3.50. The molecule has 0 aliphatic heterocycles. The van der Waals surface area contributed by atoms with Crippen molar-refractivity contribution in [2.75, 3.05) is 17.6 Å². The lowest BCUT2D eigenvalue weighted by molar-refractivity contribution is 0.545. The predicted octanol–water partition coefficient (Wildman–Crippen LogP) is 2.74. The summed E-state index contributed by atoms with van der Waals surface area (Å²) >= 11 is 0. The SMILES string of the molecule is CC(C)CCCCNc1cc2nc[nH]c(=O)c2cc1N. The minimum Gasteiger partial charge on any atom is -0.397 e. The van der Waals surface area contributed by atoms with Gasteiger partial charge in [0.2, 0.25) is 0 Å². The molecule has 0 saturated heterocycles. The number of benzene rings is 1. The molecular formula is C15H22N4O. The minimum atomic E-state index is -0.162. The van der Waals surface area contributed by atoms with Crippen molar-refractivity contribution in [3.05, 3.63) is 28.8 Å². The van der Waals surface area contributed by atoms with Crippen molar-refractivity contribution in [1.82, 2.24) is 9.97 Å². The van der Waals surface area contributed by atoms with Crippen LogP contribution in [-0.4, -0.2) is 16.5 Å². The number of rotatable bonds is 6. The second kappa shape index (κ2) is 6.41. The number of nitrogens with one attached hydrogen (secondary N) is 2. The minimum absolute atomic E-state index is 0.162. The van der Waals surface area contributed by atoms with E-state index in [1.807, 2.05) is 6.07 Å². The highest BCUT2D eigenvalue weighted by molar-refractivity contribution is 5.88. The predicted molar refractivity (Wildman–Crippen MR) is 84.0 cm³/mol. The van der Waals surface area contributed by atoms with E-state index >= 15 is 0 Å². The summed E-state index contributed by atoms with van der Waals surface area (Å²) in [6, 6.07) is 3.51. The Hall–Kier alpha value is -2.04. The third-order valence-electron chi connectivity index (χ3n) is 3.34. The molecule has 0 atom stereocenters. The molecule has 2 rings (SSSR count). The maximum absolute atomic E-state index is 11.6. The molecule has 2 aromatic rings. The van der Waals surface area contributed by atoms with Crippen molar-refractivity contribution in [3.8, 4) is 0 Å². The molecule has 1 aromatic carbocycles. The van der Waals surface area contributed by atoms with E-state index < -0.39 is 0 Å². The van der Waals surface area contributed by atoms with Gasteiger partial charge in [0.15, 0.2) is 0 Å². The van der Waals surface area contributed by atoms with E-state index in [4.69, 9.17) is 5.73 Å². The fraction of sp³-hybridized carbons (Fsp3) is 0.467. The lowest BCUT2D eigenvalue weighted by Gasteiger charge is -2.10. The average Bonchev–Trinajstić information content (AvgIpc) is 2.40. The molecule has 0 amide bonds. The maximum Gasteiger partial charge on any atom is 0.258 e. The fourth-order valence-electron chi connectivity index (χ4n) is 2.19. The molecule has 0 saturated carbocycles. The van der Waals surface area contributed by atoms with E-state index in [9.17, 15) is 4.79 Å². The van der Waals surface area contributed by atoms with Crippen molar-refractivity contribution in [2.45, 2.75) is 33.1 Å². The number of H-pyrrole nitrogens is 1. The molecule has 1 heterocycles. The first-order valence-corrected chi connectivity index (χ1v) is 7.08. The summed E-state index contributed by atoms with van der Waals surface area (Å²) in [5.74, 6) is 0.747. The Labute approximate surface area is 118 Å². The number of anilines is 2. The summed E-state index contributed by atoms with van der Waals surface area (Å²) in [4.78, 5) is 18.3. The van der Waals surface area contributed by atoms with E-state index in [1.165, 1.54) is 19.2 Å². The van der Waals surface area contributed by atoms with Gasteiger partial charge in [0.25, 0.3) is 5.56 Å². The molecule has 20 heavy (non-hydrogen) atoms. The Balaban J connectivity index is 2.03. The van der Waals surface area contributed by atoms with Gasteiger partial charge in [-0.05, 0) is 24.5 Å². The zero-order valence-corrected chi connectivity index (χ0v) is 12.1. The summed E-state index contributed by atoms with van der Waals surface area (Å²) in [6.07, 6.45) is 4.97. The number of fused-ring (bicyclic) bond motifs is 1. The van der Waals surface area contributed by atoms with E-state index in [0.717, 1.165) is 24.6 Å². The summed E-state index contributed by atoms with van der Waals surface area (Å²) in [6.45, 7) is 5.35. The molecule has 0 aliphatic carbocycles. The van der Waals surface area contributed by atoms with Crippen LogP contribution in [0.4, 0.5) is 11.4 Å². The van der Waals surface area contributed by atoms with Crippen LogP contribution in [0.15, 0.2) is 23.3 Å². The van der Waals surface area contributed by atoms with Gasteiger partial charge in [-0.2, -0.15) is 0 Å². The molecule has 0 spiro atoms. The van der Waals surface area contributed by atoms with Crippen LogP contribution in [0.5, 0.6) is 0 Å². The van der Waals surface area contributed by atoms with Crippen LogP contribution in [0.1, 0.15) is 33.1 Å². The van der Waals surface area contributed by atoms with Crippen molar-refractivity contribution in [2.24, 2.45) is 5.92 Å². The smallest absolute Gasteiger partial charge is 0.258 e. The first-order valence-electron chi connectivity index (χ1n) is 7.08. The molecule has 0 radical (unpaired) electrons. The number of aromatic amines is 1. The van der Waals surface area contributed by atoms with Crippen LogP contribution < -0.4 is 16.6 Å². The number of aromatic nitrogens is 2. The number of nitrogen functional groups attached to an aromatic ring is 1. The van der Waals surface area contributed by atoms with Crippen molar-refractivity contribution < 1.29 is 0 Å². The standard InChI is InChI=1S/C15H22N4O/c1-10(2)5-3-4-6-17-14-8-13-11(7-12(14)16)15(20)19-9-18-13/h7-10,17H,3-6,16H2,1-2H3,(H,18,19,20). The number of hydrogen-bond acceptors (Lipinski definition) is 4. The number of hydrogen-bond donors (Lipinski definition) is 3. The van der Waals surface area contributed by atoms with E-state index in [-0.39, 0.29) is 5.56 Å². The Bertz CT molecular complexity index is 633. The van der Waals surface area contributed by atoms with Gasteiger partial charge in [-0.25, -0.2) is 4.98 Å². The summed E-state index contributed by atoms with van der Waals surface area (Å²) in [5, 5.41) is 3.84. The normalized spacial score (nSPS) is 11.2. The average molecular weight is 274 g/mol. The third-order valence-corrected chi connectivity index (χ3v) is 3.34. The van der Waals surface area contributed by atoms with E-state index in [0.29, 0.717) is 16.6 Å². The fourth-order valence-corrected chi connectivity index (χ4v) is 2.19. The Kier molecular flexibility index (Phi) is 4.61. The Morgan fingerprint density at radius 3 is 2.90 bits per heavy atom. The van der Waals surface area contributed by atoms with Crippen LogP contribution in [-0.2, 0) is 0 Å². The first-order chi connectivity index (χ1) is 9.58. The van der Waals surface area contributed by atoms with E-state index in [2.05, 4.69) is 29.1 Å². The van der Waals surface area contributed by atoms with Crippen molar-refractivity contribution in [3.63, 3.8) is 0 Å². The second-order valence-corrected chi connectivity index (χ2v) is 5.50. The highest BCUT2D eigenvalue weighted by Gasteiger charge is 2.05. The van der Waals surface area contributed by atoms with Gasteiger partial charge in [-0.1, -0.05) is 26.7 Å².